The Kier molecular flexibility index (Phi) is 8.06. The Bertz CT molecular complexity index is 1430. The monoisotopic (exact) mass is 508 g/mol. The van der Waals surface area contributed by atoms with Gasteiger partial charge < -0.3 is 19.7 Å². The molecule has 2 N–H and O–H groups in total. The van der Waals surface area contributed by atoms with Gasteiger partial charge in [0.15, 0.2) is 0 Å². The zero-order valence-corrected chi connectivity index (χ0v) is 21.1. The standard InChI is InChI=1S/C32H28O4S/c33-28(23-11-4-1-5-12-23)21-35-30-18-10-17-27-26(30)19-20-31(37-25-15-8-3-9-16-25)32(27)36-22-29(34)24-13-6-2-7-14-24/h1-20,28-29,33-34H,21-22H2. The average Bonchev–Trinajstić information content (AvgIpc) is 2.96. The topological polar surface area (TPSA) is 58.9 Å². The first kappa shape index (κ1) is 24.9. The summed E-state index contributed by atoms with van der Waals surface area (Å²) in [5, 5.41) is 23.1. The molecule has 37 heavy (non-hydrogen) atoms. The molecule has 0 heterocycles. The zero-order valence-electron chi connectivity index (χ0n) is 20.2. The molecule has 0 spiro atoms. The van der Waals surface area contributed by atoms with Gasteiger partial charge in [-0.05, 0) is 41.5 Å². The summed E-state index contributed by atoms with van der Waals surface area (Å²) in [4.78, 5) is 2.04. The van der Waals surface area contributed by atoms with Crippen molar-refractivity contribution in [3.8, 4) is 11.5 Å². The van der Waals surface area contributed by atoms with Crippen molar-refractivity contribution in [2.24, 2.45) is 0 Å². The van der Waals surface area contributed by atoms with Crippen LogP contribution in [0.5, 0.6) is 11.5 Å². The molecular formula is C32H28O4S. The van der Waals surface area contributed by atoms with Crippen LogP contribution in [0.1, 0.15) is 23.3 Å². The van der Waals surface area contributed by atoms with Crippen molar-refractivity contribution in [2.75, 3.05) is 13.2 Å². The fourth-order valence-electron chi connectivity index (χ4n) is 4.13. The van der Waals surface area contributed by atoms with E-state index in [1.165, 1.54) is 0 Å². The fraction of sp³-hybridized carbons (Fsp3) is 0.125. The highest BCUT2D eigenvalue weighted by molar-refractivity contribution is 7.99. The van der Waals surface area contributed by atoms with Gasteiger partial charge in [-0.15, -0.1) is 0 Å². The van der Waals surface area contributed by atoms with Gasteiger partial charge in [0.05, 0.1) is 4.90 Å². The first-order valence-electron chi connectivity index (χ1n) is 12.2. The molecule has 0 saturated carbocycles. The molecule has 4 nitrogen and oxygen atoms in total. The maximum atomic E-state index is 10.8. The molecule has 0 aliphatic carbocycles. The summed E-state index contributed by atoms with van der Waals surface area (Å²) in [5.74, 6) is 1.35. The van der Waals surface area contributed by atoms with Gasteiger partial charge in [-0.25, -0.2) is 0 Å². The Morgan fingerprint density at radius 2 is 1.11 bits per heavy atom. The van der Waals surface area contributed by atoms with E-state index >= 15 is 0 Å². The lowest BCUT2D eigenvalue weighted by Gasteiger charge is -2.19. The Labute approximate surface area is 221 Å². The van der Waals surface area contributed by atoms with Crippen molar-refractivity contribution in [3.05, 3.63) is 132 Å². The second kappa shape index (κ2) is 12.0. The van der Waals surface area contributed by atoms with Crippen LogP contribution in [-0.4, -0.2) is 23.4 Å². The van der Waals surface area contributed by atoms with E-state index in [0.29, 0.717) is 11.5 Å². The predicted octanol–water partition coefficient (Wildman–Crippen LogP) is 7.22. The maximum Gasteiger partial charge on any atom is 0.141 e. The van der Waals surface area contributed by atoms with E-state index in [9.17, 15) is 10.2 Å². The molecule has 0 bridgehead atoms. The number of fused-ring (bicyclic) bond motifs is 1. The quantitative estimate of drug-likeness (QED) is 0.209. The molecule has 5 aromatic carbocycles. The van der Waals surface area contributed by atoms with Crippen molar-refractivity contribution in [2.45, 2.75) is 22.0 Å². The number of benzene rings is 5. The SMILES string of the molecule is OC(COc1cccc2c(OCC(O)c3ccccc3)c(Sc3ccccc3)ccc12)c1ccccc1. The summed E-state index contributed by atoms with van der Waals surface area (Å²) in [6.45, 7) is 0.246. The number of ether oxygens (including phenoxy) is 2. The highest BCUT2D eigenvalue weighted by atomic mass is 32.2. The van der Waals surface area contributed by atoms with Gasteiger partial charge in [-0.3, -0.25) is 0 Å². The van der Waals surface area contributed by atoms with Gasteiger partial charge in [0.2, 0.25) is 0 Å². The molecular weight excluding hydrogens is 480 g/mol. The third kappa shape index (κ3) is 6.15. The Hall–Kier alpha value is -3.77. The number of hydrogen-bond donors (Lipinski definition) is 2. The van der Waals surface area contributed by atoms with Crippen LogP contribution < -0.4 is 9.47 Å². The maximum absolute atomic E-state index is 10.8. The first-order valence-corrected chi connectivity index (χ1v) is 13.0. The lowest BCUT2D eigenvalue weighted by atomic mass is 10.1. The number of aliphatic hydroxyl groups excluding tert-OH is 2. The average molecular weight is 509 g/mol. The van der Waals surface area contributed by atoms with Crippen LogP contribution in [0.3, 0.4) is 0 Å². The molecule has 0 saturated heterocycles. The number of hydrogen-bond acceptors (Lipinski definition) is 5. The third-order valence-electron chi connectivity index (χ3n) is 6.06. The highest BCUT2D eigenvalue weighted by Crippen LogP contribution is 2.42. The van der Waals surface area contributed by atoms with Crippen LogP contribution in [0.25, 0.3) is 10.8 Å². The minimum absolute atomic E-state index is 0.114. The molecule has 0 aliphatic rings. The van der Waals surface area contributed by atoms with Gasteiger partial charge in [0.25, 0.3) is 0 Å². The van der Waals surface area contributed by atoms with Crippen LogP contribution in [0.4, 0.5) is 0 Å². The largest absolute Gasteiger partial charge is 0.490 e. The molecule has 0 fully saturated rings. The van der Waals surface area contributed by atoms with E-state index in [0.717, 1.165) is 31.7 Å². The zero-order chi connectivity index (χ0) is 25.5. The van der Waals surface area contributed by atoms with Crippen molar-refractivity contribution in [1.29, 1.82) is 0 Å². The molecule has 0 radical (unpaired) electrons. The molecule has 5 heteroatoms. The van der Waals surface area contributed by atoms with Gasteiger partial charge in [0.1, 0.15) is 36.9 Å². The van der Waals surface area contributed by atoms with Crippen LogP contribution in [0, 0.1) is 0 Å². The minimum Gasteiger partial charge on any atom is -0.490 e. The molecule has 2 atom stereocenters. The highest BCUT2D eigenvalue weighted by Gasteiger charge is 2.17. The van der Waals surface area contributed by atoms with Crippen LogP contribution in [-0.2, 0) is 0 Å². The first-order chi connectivity index (χ1) is 18.2. The second-order valence-electron chi connectivity index (χ2n) is 8.63. The summed E-state index contributed by atoms with van der Waals surface area (Å²) in [5.41, 5.74) is 1.61. The van der Waals surface area contributed by atoms with E-state index in [-0.39, 0.29) is 13.2 Å². The lowest BCUT2D eigenvalue weighted by molar-refractivity contribution is 0.107. The fourth-order valence-corrected chi connectivity index (χ4v) is 5.07. The molecule has 0 amide bonds. The lowest BCUT2D eigenvalue weighted by Crippen LogP contribution is -2.11. The number of rotatable bonds is 10. The van der Waals surface area contributed by atoms with E-state index in [1.807, 2.05) is 109 Å². The Balaban J connectivity index is 1.44. The van der Waals surface area contributed by atoms with Crippen molar-refractivity contribution < 1.29 is 19.7 Å². The van der Waals surface area contributed by atoms with Gasteiger partial charge >= 0.3 is 0 Å². The molecule has 0 aromatic heterocycles. The Morgan fingerprint density at radius 1 is 0.541 bits per heavy atom. The van der Waals surface area contributed by atoms with E-state index in [1.54, 1.807) is 11.8 Å². The van der Waals surface area contributed by atoms with Crippen LogP contribution in [0.2, 0.25) is 0 Å². The summed E-state index contributed by atoms with van der Waals surface area (Å²) < 4.78 is 12.4. The van der Waals surface area contributed by atoms with Crippen LogP contribution >= 0.6 is 11.8 Å². The van der Waals surface area contributed by atoms with E-state index in [2.05, 4.69) is 12.1 Å². The second-order valence-corrected chi connectivity index (χ2v) is 9.75. The van der Waals surface area contributed by atoms with E-state index < -0.39 is 12.2 Å². The normalized spacial score (nSPS) is 12.7. The van der Waals surface area contributed by atoms with Crippen LogP contribution in [0.15, 0.2) is 131 Å². The third-order valence-corrected chi connectivity index (χ3v) is 7.11. The molecule has 186 valence electrons. The minimum atomic E-state index is -0.758. The van der Waals surface area contributed by atoms with Gasteiger partial charge in [-0.1, -0.05) is 103 Å². The summed E-state index contributed by atoms with van der Waals surface area (Å²) in [6, 6.07) is 39.0. The smallest absolute Gasteiger partial charge is 0.141 e. The number of aliphatic hydroxyl groups is 2. The molecule has 2 unspecified atom stereocenters. The van der Waals surface area contributed by atoms with Gasteiger partial charge in [-0.2, -0.15) is 0 Å². The van der Waals surface area contributed by atoms with Crippen molar-refractivity contribution in [3.63, 3.8) is 0 Å². The summed E-state index contributed by atoms with van der Waals surface area (Å²) >= 11 is 1.61. The predicted molar refractivity (Wildman–Crippen MR) is 148 cm³/mol. The van der Waals surface area contributed by atoms with Crippen molar-refractivity contribution in [1.82, 2.24) is 0 Å². The summed E-state index contributed by atoms with van der Waals surface area (Å²) in [6.07, 6.45) is -1.49. The molecule has 0 aliphatic heterocycles. The van der Waals surface area contributed by atoms with E-state index in [4.69, 9.17) is 9.47 Å². The summed E-state index contributed by atoms with van der Waals surface area (Å²) in [7, 11) is 0. The van der Waals surface area contributed by atoms with Gasteiger partial charge in [0, 0.05) is 15.7 Å². The Morgan fingerprint density at radius 3 is 1.73 bits per heavy atom. The van der Waals surface area contributed by atoms with Crippen molar-refractivity contribution >= 4 is 22.5 Å². The molecule has 5 aromatic rings. The molecule has 5 rings (SSSR count).